The number of benzene rings is 1. The number of aromatic nitrogens is 2. The topological polar surface area (TPSA) is 74.1 Å². The molecule has 0 aliphatic carbocycles. The number of ether oxygens (including phenoxy) is 1. The third-order valence-corrected chi connectivity index (χ3v) is 5.19. The fourth-order valence-corrected chi connectivity index (χ4v) is 3.75. The molecule has 2 aliphatic rings. The quantitative estimate of drug-likeness (QED) is 0.799. The number of halogens is 1. The van der Waals surface area contributed by atoms with Crippen LogP contribution in [0.5, 0.6) is 5.75 Å². The van der Waals surface area contributed by atoms with Gasteiger partial charge in [0.25, 0.3) is 0 Å². The molecule has 29 heavy (non-hydrogen) atoms. The molecule has 0 radical (unpaired) electrons. The molecule has 0 amide bonds. The lowest BCUT2D eigenvalue weighted by molar-refractivity contribution is 0.188. The first-order chi connectivity index (χ1) is 14.0. The lowest BCUT2D eigenvalue weighted by atomic mass is 10.0. The Balaban J connectivity index is 1.56. The number of aliphatic hydroxyl groups excluding tert-OH is 1. The fraction of sp³-hybridized carbons (Fsp3) is 0.476. The van der Waals surface area contributed by atoms with E-state index in [4.69, 9.17) is 9.84 Å². The molecule has 1 aromatic carbocycles. The number of fused-ring (bicyclic) bond motifs is 1. The molecular weight excluding hydrogens is 373 g/mol. The highest BCUT2D eigenvalue weighted by molar-refractivity contribution is 6.14. The second kappa shape index (κ2) is 8.42. The molecule has 0 atom stereocenters. The molecule has 3 heterocycles. The number of aliphatic hydroxyl groups is 1. The van der Waals surface area contributed by atoms with E-state index >= 15 is 0 Å². The summed E-state index contributed by atoms with van der Waals surface area (Å²) in [6.45, 7) is 8.53. The highest BCUT2D eigenvalue weighted by Crippen LogP contribution is 2.30. The van der Waals surface area contributed by atoms with Gasteiger partial charge in [0.1, 0.15) is 12.1 Å². The molecule has 0 unspecified atom stereocenters. The second-order valence-electron chi connectivity index (χ2n) is 7.58. The maximum Gasteiger partial charge on any atom is 0.165 e. The van der Waals surface area contributed by atoms with Crippen LogP contribution in [-0.2, 0) is 6.54 Å². The van der Waals surface area contributed by atoms with Gasteiger partial charge < -0.3 is 14.7 Å². The van der Waals surface area contributed by atoms with E-state index in [9.17, 15) is 4.39 Å². The van der Waals surface area contributed by atoms with Gasteiger partial charge in [0.05, 0.1) is 30.7 Å². The number of nitrogens with zero attached hydrogens (tertiary/aromatic N) is 5. The van der Waals surface area contributed by atoms with Crippen LogP contribution in [0.1, 0.15) is 30.7 Å². The molecule has 0 saturated carbocycles. The Bertz CT molecular complexity index is 910. The predicted octanol–water partition coefficient (Wildman–Crippen LogP) is 1.87. The zero-order chi connectivity index (χ0) is 20.4. The van der Waals surface area contributed by atoms with Crippen molar-refractivity contribution in [1.29, 1.82) is 0 Å². The van der Waals surface area contributed by atoms with Gasteiger partial charge in [-0.3, -0.25) is 9.89 Å². The van der Waals surface area contributed by atoms with Crippen LogP contribution < -0.4 is 9.64 Å². The highest BCUT2D eigenvalue weighted by atomic mass is 19.1. The van der Waals surface area contributed by atoms with Crippen molar-refractivity contribution in [1.82, 2.24) is 14.9 Å². The minimum atomic E-state index is -0.363. The van der Waals surface area contributed by atoms with Gasteiger partial charge in [-0.25, -0.2) is 14.4 Å². The van der Waals surface area contributed by atoms with Crippen LogP contribution in [0.25, 0.3) is 0 Å². The zero-order valence-electron chi connectivity index (χ0n) is 16.8. The molecule has 2 aromatic rings. The fourth-order valence-electron chi connectivity index (χ4n) is 3.75. The minimum Gasteiger partial charge on any atom is -0.488 e. The van der Waals surface area contributed by atoms with Crippen molar-refractivity contribution in [3.05, 3.63) is 47.2 Å². The summed E-state index contributed by atoms with van der Waals surface area (Å²) in [5, 5.41) is 9.10. The number of anilines is 1. The summed E-state index contributed by atoms with van der Waals surface area (Å²) in [6, 6.07) is 5.18. The normalized spacial score (nSPS) is 16.9. The van der Waals surface area contributed by atoms with Gasteiger partial charge in [-0.1, -0.05) is 0 Å². The number of β-amino-alcohol motifs (C(OH)–C–C–N with tert-alkyl or cyclic N) is 1. The lowest BCUT2D eigenvalue weighted by Crippen LogP contribution is -2.47. The monoisotopic (exact) mass is 399 g/mol. The lowest BCUT2D eigenvalue weighted by Gasteiger charge is -2.35. The van der Waals surface area contributed by atoms with Crippen LogP contribution in [0.3, 0.4) is 0 Å². The van der Waals surface area contributed by atoms with Gasteiger partial charge in [0, 0.05) is 44.4 Å². The Morgan fingerprint density at radius 2 is 1.93 bits per heavy atom. The molecule has 154 valence electrons. The molecule has 8 heteroatoms. The number of aliphatic imine (C=N–C) groups is 1. The molecule has 7 nitrogen and oxygen atoms in total. The van der Waals surface area contributed by atoms with Gasteiger partial charge in [0.2, 0.25) is 0 Å². The Hall–Kier alpha value is -2.58. The van der Waals surface area contributed by atoms with Crippen LogP contribution in [-0.4, -0.2) is 71.1 Å². The van der Waals surface area contributed by atoms with Crippen LogP contribution in [0.4, 0.5) is 10.2 Å². The first kappa shape index (κ1) is 19.7. The third-order valence-electron chi connectivity index (χ3n) is 5.19. The van der Waals surface area contributed by atoms with Gasteiger partial charge in [-0.2, -0.15) is 0 Å². The Kier molecular flexibility index (Phi) is 5.73. The standard InChI is InChI=1S/C21H26FN5O2/c1-14(2)29-19-10-16-15(9-17(19)22)12-23-21(16)18-11-20(25-13-24-18)27-5-3-26(4-6-27)7-8-28/h9-11,13-14,28H,3-8,12H2,1-2H3. The van der Waals surface area contributed by atoms with Crippen molar-refractivity contribution in [3.8, 4) is 5.75 Å². The number of hydrogen-bond donors (Lipinski definition) is 1. The summed E-state index contributed by atoms with van der Waals surface area (Å²) in [5.41, 5.74) is 3.18. The molecule has 0 bridgehead atoms. The Morgan fingerprint density at radius 1 is 1.14 bits per heavy atom. The minimum absolute atomic E-state index is 0.112. The van der Waals surface area contributed by atoms with Crippen LogP contribution in [0.15, 0.2) is 29.5 Å². The highest BCUT2D eigenvalue weighted by Gasteiger charge is 2.24. The maximum absolute atomic E-state index is 14.3. The van der Waals surface area contributed by atoms with Gasteiger partial charge >= 0.3 is 0 Å². The van der Waals surface area contributed by atoms with E-state index in [0.29, 0.717) is 13.1 Å². The number of rotatable bonds is 6. The first-order valence-corrected chi connectivity index (χ1v) is 9.99. The second-order valence-corrected chi connectivity index (χ2v) is 7.58. The van der Waals surface area contributed by atoms with Crippen LogP contribution in [0.2, 0.25) is 0 Å². The average Bonchev–Trinajstić information content (AvgIpc) is 3.11. The summed E-state index contributed by atoms with van der Waals surface area (Å²) >= 11 is 0. The van der Waals surface area contributed by atoms with E-state index in [-0.39, 0.29) is 24.3 Å². The van der Waals surface area contributed by atoms with Crippen molar-refractivity contribution in [2.75, 3.05) is 44.2 Å². The van der Waals surface area contributed by atoms with Gasteiger partial charge in [-0.05, 0) is 31.5 Å². The van der Waals surface area contributed by atoms with Crippen molar-refractivity contribution in [3.63, 3.8) is 0 Å². The molecule has 4 rings (SSSR count). The third kappa shape index (κ3) is 4.23. The van der Waals surface area contributed by atoms with E-state index < -0.39 is 0 Å². The predicted molar refractivity (Wildman–Crippen MR) is 109 cm³/mol. The van der Waals surface area contributed by atoms with Crippen LogP contribution in [0, 0.1) is 5.82 Å². The molecular formula is C21H26FN5O2. The van der Waals surface area contributed by atoms with E-state index in [1.165, 1.54) is 6.07 Å². The smallest absolute Gasteiger partial charge is 0.165 e. The van der Waals surface area contributed by atoms with E-state index in [1.54, 1.807) is 12.4 Å². The number of piperazine rings is 1. The van der Waals surface area contributed by atoms with Gasteiger partial charge in [-0.15, -0.1) is 0 Å². The molecule has 1 N–H and O–H groups in total. The summed E-state index contributed by atoms with van der Waals surface area (Å²) in [5.74, 6) is 0.733. The molecule has 0 spiro atoms. The van der Waals surface area contributed by atoms with Crippen molar-refractivity contribution < 1.29 is 14.2 Å². The van der Waals surface area contributed by atoms with E-state index in [2.05, 4.69) is 24.8 Å². The first-order valence-electron chi connectivity index (χ1n) is 9.99. The van der Waals surface area contributed by atoms with Crippen molar-refractivity contribution in [2.24, 2.45) is 4.99 Å². The molecule has 2 aliphatic heterocycles. The Labute approximate surface area is 169 Å². The Morgan fingerprint density at radius 3 is 2.66 bits per heavy atom. The molecule has 1 aromatic heterocycles. The molecule has 1 fully saturated rings. The maximum atomic E-state index is 14.3. The van der Waals surface area contributed by atoms with Crippen LogP contribution >= 0.6 is 0 Å². The average molecular weight is 399 g/mol. The van der Waals surface area contributed by atoms with Crippen molar-refractivity contribution >= 4 is 11.5 Å². The molecule has 1 saturated heterocycles. The van der Waals surface area contributed by atoms with Gasteiger partial charge in [0.15, 0.2) is 11.6 Å². The number of hydrogen-bond acceptors (Lipinski definition) is 7. The summed E-state index contributed by atoms with van der Waals surface area (Å²) < 4.78 is 19.9. The van der Waals surface area contributed by atoms with E-state index in [1.807, 2.05) is 19.9 Å². The van der Waals surface area contributed by atoms with Crippen molar-refractivity contribution in [2.45, 2.75) is 26.5 Å². The SMILES string of the molecule is CC(C)Oc1cc2c(cc1F)CN=C2c1cc(N2CCN(CCO)CC2)ncn1. The zero-order valence-corrected chi connectivity index (χ0v) is 16.8. The summed E-state index contributed by atoms with van der Waals surface area (Å²) in [6.07, 6.45) is 1.44. The van der Waals surface area contributed by atoms with E-state index in [0.717, 1.165) is 54.5 Å². The largest absolute Gasteiger partial charge is 0.488 e. The summed E-state index contributed by atoms with van der Waals surface area (Å²) in [4.78, 5) is 17.9. The summed E-state index contributed by atoms with van der Waals surface area (Å²) in [7, 11) is 0.